The summed E-state index contributed by atoms with van der Waals surface area (Å²) in [6, 6.07) is 8.64. The molecule has 2 nitrogen and oxygen atoms in total. The van der Waals surface area contributed by atoms with Gasteiger partial charge in [-0.05, 0) is 23.1 Å². The third-order valence-electron chi connectivity index (χ3n) is 2.68. The smallest absolute Gasteiger partial charge is 0.112 e. The summed E-state index contributed by atoms with van der Waals surface area (Å²) < 4.78 is 0. The van der Waals surface area contributed by atoms with Gasteiger partial charge in [0.2, 0.25) is 0 Å². The quantitative estimate of drug-likeness (QED) is 0.883. The van der Waals surface area contributed by atoms with Crippen LogP contribution in [0.5, 0.6) is 0 Å². The van der Waals surface area contributed by atoms with Gasteiger partial charge < -0.3 is 5.32 Å². The first-order valence-electron chi connectivity index (χ1n) is 5.78. The summed E-state index contributed by atoms with van der Waals surface area (Å²) in [6.07, 6.45) is 1.84. The molecule has 0 aliphatic carbocycles. The molecule has 0 saturated heterocycles. The van der Waals surface area contributed by atoms with Gasteiger partial charge in [-0.25, -0.2) is 4.98 Å². The van der Waals surface area contributed by atoms with E-state index in [9.17, 15) is 0 Å². The average molecular weight is 246 g/mol. The highest BCUT2D eigenvalue weighted by Gasteiger charge is 2.12. The molecule has 2 rings (SSSR count). The minimum absolute atomic E-state index is 0.216. The molecule has 3 heteroatoms. The Morgan fingerprint density at radius 1 is 1.18 bits per heavy atom. The van der Waals surface area contributed by atoms with Crippen LogP contribution in [0.1, 0.15) is 31.3 Å². The zero-order chi connectivity index (χ0) is 12.3. The van der Waals surface area contributed by atoms with Gasteiger partial charge in [0.25, 0.3) is 0 Å². The van der Waals surface area contributed by atoms with Crippen LogP contribution in [0.2, 0.25) is 0 Å². The van der Waals surface area contributed by atoms with Crippen molar-refractivity contribution in [2.45, 2.75) is 32.7 Å². The monoisotopic (exact) mass is 246 g/mol. The molecule has 1 heterocycles. The maximum atomic E-state index is 4.24. The standard InChI is InChI=1S/C14H18N2S/c1-14(2,3)11-4-6-12(7-5-11)16-10-13-15-8-9-17-13/h4-9,16H,10H2,1-3H3. The van der Waals surface area contributed by atoms with E-state index >= 15 is 0 Å². The molecule has 2 aromatic rings. The molecule has 0 radical (unpaired) electrons. The van der Waals surface area contributed by atoms with Crippen molar-refractivity contribution in [3.63, 3.8) is 0 Å². The van der Waals surface area contributed by atoms with Gasteiger partial charge in [0.1, 0.15) is 5.01 Å². The Morgan fingerprint density at radius 3 is 2.41 bits per heavy atom. The Morgan fingerprint density at radius 2 is 1.88 bits per heavy atom. The fourth-order valence-corrected chi connectivity index (χ4v) is 2.16. The Balaban J connectivity index is 1.99. The average Bonchev–Trinajstić information content (AvgIpc) is 2.78. The van der Waals surface area contributed by atoms with Crippen molar-refractivity contribution in [1.82, 2.24) is 4.98 Å². The first-order valence-corrected chi connectivity index (χ1v) is 6.66. The van der Waals surface area contributed by atoms with Gasteiger partial charge in [-0.1, -0.05) is 32.9 Å². The molecule has 0 unspecified atom stereocenters. The second kappa shape index (κ2) is 4.88. The zero-order valence-electron chi connectivity index (χ0n) is 10.5. The van der Waals surface area contributed by atoms with E-state index in [0.29, 0.717) is 0 Å². The normalized spacial score (nSPS) is 11.5. The fraction of sp³-hybridized carbons (Fsp3) is 0.357. The molecule has 0 spiro atoms. The lowest BCUT2D eigenvalue weighted by atomic mass is 9.87. The number of nitrogens with one attached hydrogen (secondary N) is 1. The second-order valence-electron chi connectivity index (χ2n) is 5.11. The van der Waals surface area contributed by atoms with Crippen LogP contribution in [0.25, 0.3) is 0 Å². The minimum Gasteiger partial charge on any atom is -0.379 e. The molecule has 0 fully saturated rings. The number of aromatic nitrogens is 1. The molecule has 0 atom stereocenters. The van der Waals surface area contributed by atoms with Crippen molar-refractivity contribution >= 4 is 17.0 Å². The summed E-state index contributed by atoms with van der Waals surface area (Å²) in [5.41, 5.74) is 2.72. The van der Waals surface area contributed by atoms with E-state index in [4.69, 9.17) is 0 Å². The van der Waals surface area contributed by atoms with Crippen LogP contribution in [0.3, 0.4) is 0 Å². The van der Waals surface area contributed by atoms with E-state index in [-0.39, 0.29) is 5.41 Å². The van der Waals surface area contributed by atoms with Crippen LogP contribution in [0.15, 0.2) is 35.8 Å². The zero-order valence-corrected chi connectivity index (χ0v) is 11.3. The third-order valence-corrected chi connectivity index (χ3v) is 3.46. The molecule has 0 saturated carbocycles. The number of thiazole rings is 1. The van der Waals surface area contributed by atoms with E-state index < -0.39 is 0 Å². The molecule has 0 amide bonds. The summed E-state index contributed by atoms with van der Waals surface area (Å²) in [6.45, 7) is 7.48. The summed E-state index contributed by atoms with van der Waals surface area (Å²) >= 11 is 1.68. The lowest BCUT2D eigenvalue weighted by Gasteiger charge is -2.19. The molecular weight excluding hydrogens is 228 g/mol. The van der Waals surface area contributed by atoms with E-state index in [0.717, 1.165) is 17.2 Å². The molecule has 0 aliphatic heterocycles. The topological polar surface area (TPSA) is 24.9 Å². The number of nitrogens with zero attached hydrogens (tertiary/aromatic N) is 1. The fourth-order valence-electron chi connectivity index (χ4n) is 1.61. The van der Waals surface area contributed by atoms with Gasteiger partial charge >= 0.3 is 0 Å². The van der Waals surface area contributed by atoms with Gasteiger partial charge in [-0.3, -0.25) is 0 Å². The van der Waals surface area contributed by atoms with Gasteiger partial charge in [0.15, 0.2) is 0 Å². The largest absolute Gasteiger partial charge is 0.379 e. The highest BCUT2D eigenvalue weighted by Crippen LogP contribution is 2.23. The van der Waals surface area contributed by atoms with E-state index in [1.807, 2.05) is 11.6 Å². The Bertz CT molecular complexity index is 452. The molecule has 17 heavy (non-hydrogen) atoms. The summed E-state index contributed by atoms with van der Waals surface area (Å²) in [4.78, 5) is 4.24. The lowest BCUT2D eigenvalue weighted by Crippen LogP contribution is -2.10. The third kappa shape index (κ3) is 3.30. The summed E-state index contributed by atoms with van der Waals surface area (Å²) in [5, 5.41) is 6.49. The SMILES string of the molecule is CC(C)(C)c1ccc(NCc2nccs2)cc1. The predicted molar refractivity (Wildman–Crippen MR) is 74.6 cm³/mol. The van der Waals surface area contributed by atoms with Gasteiger partial charge in [0, 0.05) is 17.3 Å². The van der Waals surface area contributed by atoms with Crippen LogP contribution < -0.4 is 5.32 Å². The highest BCUT2D eigenvalue weighted by molar-refractivity contribution is 7.09. The van der Waals surface area contributed by atoms with E-state index in [1.165, 1.54) is 5.56 Å². The number of hydrogen-bond acceptors (Lipinski definition) is 3. The van der Waals surface area contributed by atoms with E-state index in [1.54, 1.807) is 11.3 Å². The van der Waals surface area contributed by atoms with Crippen LogP contribution >= 0.6 is 11.3 Å². The van der Waals surface area contributed by atoms with Crippen molar-refractivity contribution in [3.8, 4) is 0 Å². The van der Waals surface area contributed by atoms with Gasteiger partial charge in [-0.2, -0.15) is 0 Å². The summed E-state index contributed by atoms with van der Waals surface area (Å²) in [5.74, 6) is 0. The number of hydrogen-bond donors (Lipinski definition) is 1. The van der Waals surface area contributed by atoms with Gasteiger partial charge in [0.05, 0.1) is 6.54 Å². The van der Waals surface area contributed by atoms with E-state index in [2.05, 4.69) is 55.3 Å². The molecular formula is C14H18N2S. The lowest BCUT2D eigenvalue weighted by molar-refractivity contribution is 0.590. The van der Waals surface area contributed by atoms with Crippen LogP contribution in [0.4, 0.5) is 5.69 Å². The maximum absolute atomic E-state index is 4.24. The number of anilines is 1. The Labute approximate surface area is 107 Å². The van der Waals surface area contributed by atoms with Crippen molar-refractivity contribution in [2.24, 2.45) is 0 Å². The molecule has 1 N–H and O–H groups in total. The van der Waals surface area contributed by atoms with Crippen LogP contribution in [-0.2, 0) is 12.0 Å². The van der Waals surface area contributed by atoms with Crippen LogP contribution in [-0.4, -0.2) is 4.98 Å². The van der Waals surface area contributed by atoms with Gasteiger partial charge in [-0.15, -0.1) is 11.3 Å². The number of rotatable bonds is 3. The number of benzene rings is 1. The Kier molecular flexibility index (Phi) is 3.48. The molecule has 1 aromatic heterocycles. The summed E-state index contributed by atoms with van der Waals surface area (Å²) in [7, 11) is 0. The molecule has 0 bridgehead atoms. The highest BCUT2D eigenvalue weighted by atomic mass is 32.1. The molecule has 1 aromatic carbocycles. The van der Waals surface area contributed by atoms with Crippen LogP contribution in [0, 0.1) is 0 Å². The van der Waals surface area contributed by atoms with Crippen molar-refractivity contribution in [3.05, 3.63) is 46.4 Å². The van der Waals surface area contributed by atoms with Crippen molar-refractivity contribution in [2.75, 3.05) is 5.32 Å². The predicted octanol–water partition coefficient (Wildman–Crippen LogP) is 4.05. The second-order valence-corrected chi connectivity index (χ2v) is 6.09. The first-order chi connectivity index (χ1) is 8.05. The van der Waals surface area contributed by atoms with Crippen molar-refractivity contribution < 1.29 is 0 Å². The first kappa shape index (κ1) is 12.1. The minimum atomic E-state index is 0.216. The Hall–Kier alpha value is -1.35. The molecule has 0 aliphatic rings. The molecule has 90 valence electrons. The van der Waals surface area contributed by atoms with Crippen molar-refractivity contribution in [1.29, 1.82) is 0 Å². The maximum Gasteiger partial charge on any atom is 0.112 e.